The molecule has 0 spiro atoms. The van der Waals surface area contributed by atoms with Gasteiger partial charge in [-0.25, -0.2) is 9.97 Å². The molecule has 0 aliphatic carbocycles. The molecule has 0 saturated heterocycles. The van der Waals surface area contributed by atoms with Gasteiger partial charge in [-0.15, -0.1) is 0 Å². The van der Waals surface area contributed by atoms with E-state index in [1.807, 2.05) is 28.8 Å². The third kappa shape index (κ3) is 2.44. The molecule has 0 unspecified atom stereocenters. The van der Waals surface area contributed by atoms with E-state index in [1.54, 1.807) is 0 Å². The van der Waals surface area contributed by atoms with Gasteiger partial charge < -0.3 is 0 Å². The number of hydrogen-bond donors (Lipinski definition) is 0. The molecule has 0 bridgehead atoms. The summed E-state index contributed by atoms with van der Waals surface area (Å²) in [4.78, 5) is 9.77. The van der Waals surface area contributed by atoms with Crippen LogP contribution in [0.4, 0.5) is 0 Å². The van der Waals surface area contributed by atoms with Gasteiger partial charge in [-0.05, 0) is 42.3 Å². The fourth-order valence-electron chi connectivity index (χ4n) is 3.53. The first-order valence-electron chi connectivity index (χ1n) is 8.59. The van der Waals surface area contributed by atoms with Crippen LogP contribution < -0.4 is 0 Å². The van der Waals surface area contributed by atoms with Gasteiger partial charge in [0.25, 0.3) is 0 Å². The second kappa shape index (κ2) is 5.82. The summed E-state index contributed by atoms with van der Waals surface area (Å²) in [5.74, 6) is 0. The van der Waals surface area contributed by atoms with E-state index in [4.69, 9.17) is 21.6 Å². The Morgan fingerprint density at radius 2 is 1.81 bits per heavy atom. The standard InChI is InChI=1S/C22H16ClN3/c1-14-7-9-19-17(11-14)18(12-15-5-3-2-4-6-15)21-22(24-19)26-13-16(23)8-10-20(26)25-21/h2-11,13H,12H2,1H3. The third-order valence-corrected chi connectivity index (χ3v) is 4.99. The lowest BCUT2D eigenvalue weighted by atomic mass is 9.99. The number of rotatable bonds is 2. The van der Waals surface area contributed by atoms with Gasteiger partial charge in [0.05, 0.1) is 10.5 Å². The first-order chi connectivity index (χ1) is 12.7. The van der Waals surface area contributed by atoms with E-state index >= 15 is 0 Å². The van der Waals surface area contributed by atoms with Gasteiger partial charge >= 0.3 is 0 Å². The first-order valence-corrected chi connectivity index (χ1v) is 8.97. The highest BCUT2D eigenvalue weighted by Gasteiger charge is 2.15. The Morgan fingerprint density at radius 3 is 2.65 bits per heavy atom. The Labute approximate surface area is 155 Å². The Hall–Kier alpha value is -2.91. The smallest absolute Gasteiger partial charge is 0.165 e. The van der Waals surface area contributed by atoms with Crippen LogP contribution in [0.5, 0.6) is 0 Å². The molecule has 5 aromatic rings. The van der Waals surface area contributed by atoms with E-state index in [2.05, 4.69) is 49.4 Å². The molecule has 126 valence electrons. The number of aromatic nitrogens is 3. The van der Waals surface area contributed by atoms with Crippen LogP contribution in [0.2, 0.25) is 5.02 Å². The minimum Gasteiger partial charge on any atom is -0.283 e. The van der Waals surface area contributed by atoms with Crippen molar-refractivity contribution in [3.05, 3.63) is 88.6 Å². The van der Waals surface area contributed by atoms with Crippen LogP contribution in [0.15, 0.2) is 66.9 Å². The molecule has 0 radical (unpaired) electrons. The summed E-state index contributed by atoms with van der Waals surface area (Å²) in [5, 5.41) is 1.84. The molecule has 5 rings (SSSR count). The third-order valence-electron chi connectivity index (χ3n) is 4.77. The molecule has 0 amide bonds. The lowest BCUT2D eigenvalue weighted by molar-refractivity contribution is 1.19. The summed E-state index contributed by atoms with van der Waals surface area (Å²) in [6.07, 6.45) is 2.70. The number of halogens is 1. The molecule has 3 heterocycles. The molecule has 0 saturated carbocycles. The summed E-state index contributed by atoms with van der Waals surface area (Å²) in [5.41, 5.74) is 7.32. The fourth-order valence-corrected chi connectivity index (χ4v) is 3.69. The van der Waals surface area contributed by atoms with Gasteiger partial charge in [0.2, 0.25) is 0 Å². The van der Waals surface area contributed by atoms with Crippen LogP contribution in [-0.4, -0.2) is 14.4 Å². The zero-order valence-corrected chi connectivity index (χ0v) is 15.0. The molecule has 3 nitrogen and oxygen atoms in total. The van der Waals surface area contributed by atoms with Gasteiger partial charge in [0.1, 0.15) is 11.2 Å². The predicted molar refractivity (Wildman–Crippen MR) is 107 cm³/mol. The molecule has 3 aromatic heterocycles. The Bertz CT molecular complexity index is 1270. The number of imidazole rings is 1. The monoisotopic (exact) mass is 357 g/mol. The van der Waals surface area contributed by atoms with Crippen LogP contribution in [0.25, 0.3) is 27.7 Å². The molecule has 0 N–H and O–H groups in total. The Morgan fingerprint density at radius 1 is 0.962 bits per heavy atom. The van der Waals surface area contributed by atoms with Crippen molar-refractivity contribution in [1.82, 2.24) is 14.4 Å². The highest BCUT2D eigenvalue weighted by molar-refractivity contribution is 6.30. The predicted octanol–water partition coefficient (Wildman–Crippen LogP) is 5.59. The zero-order chi connectivity index (χ0) is 17.7. The second-order valence-electron chi connectivity index (χ2n) is 6.63. The largest absolute Gasteiger partial charge is 0.283 e. The van der Waals surface area contributed by atoms with Crippen LogP contribution in [0, 0.1) is 6.92 Å². The number of nitrogens with zero attached hydrogens (tertiary/aromatic N) is 3. The Balaban J connectivity index is 1.90. The quantitative estimate of drug-likeness (QED) is 0.412. The van der Waals surface area contributed by atoms with Crippen LogP contribution in [0.3, 0.4) is 0 Å². The second-order valence-corrected chi connectivity index (χ2v) is 7.07. The van der Waals surface area contributed by atoms with E-state index in [0.29, 0.717) is 5.02 Å². The molecule has 2 aromatic carbocycles. The summed E-state index contributed by atoms with van der Waals surface area (Å²) < 4.78 is 1.98. The van der Waals surface area contributed by atoms with Gasteiger partial charge in [0, 0.05) is 18.0 Å². The molecular weight excluding hydrogens is 342 g/mol. The van der Waals surface area contributed by atoms with Gasteiger partial charge in [-0.2, -0.15) is 0 Å². The topological polar surface area (TPSA) is 30.2 Å². The van der Waals surface area contributed by atoms with Crippen molar-refractivity contribution in [2.45, 2.75) is 13.3 Å². The highest BCUT2D eigenvalue weighted by atomic mass is 35.5. The van der Waals surface area contributed by atoms with Crippen LogP contribution in [0.1, 0.15) is 16.7 Å². The van der Waals surface area contributed by atoms with Crippen molar-refractivity contribution in [1.29, 1.82) is 0 Å². The van der Waals surface area contributed by atoms with Crippen molar-refractivity contribution in [3.8, 4) is 0 Å². The average molecular weight is 358 g/mol. The first kappa shape index (κ1) is 15.4. The normalized spacial score (nSPS) is 11.6. The van der Waals surface area contributed by atoms with E-state index in [1.165, 1.54) is 16.7 Å². The minimum atomic E-state index is 0.673. The fraction of sp³-hybridized carbons (Fsp3) is 0.0909. The molecule has 0 aliphatic rings. The van der Waals surface area contributed by atoms with Crippen molar-refractivity contribution in [2.75, 3.05) is 0 Å². The van der Waals surface area contributed by atoms with Crippen LogP contribution in [-0.2, 0) is 6.42 Å². The lowest BCUT2D eigenvalue weighted by Crippen LogP contribution is -1.96. The lowest BCUT2D eigenvalue weighted by Gasteiger charge is -2.09. The van der Waals surface area contributed by atoms with Crippen molar-refractivity contribution in [3.63, 3.8) is 0 Å². The summed E-state index contributed by atoms with van der Waals surface area (Å²) in [7, 11) is 0. The van der Waals surface area contributed by atoms with E-state index in [9.17, 15) is 0 Å². The number of pyridine rings is 2. The number of aryl methyl sites for hydroxylation is 1. The number of benzene rings is 2. The summed E-state index contributed by atoms with van der Waals surface area (Å²) in [6, 6.07) is 20.7. The van der Waals surface area contributed by atoms with Gasteiger partial charge in [-0.1, -0.05) is 53.6 Å². The Kier molecular flexibility index (Phi) is 3.44. The maximum Gasteiger partial charge on any atom is 0.165 e. The minimum absolute atomic E-state index is 0.673. The SMILES string of the molecule is Cc1ccc2nc3c(nc4ccc(Cl)cn43)c(Cc3ccccc3)c2c1. The van der Waals surface area contributed by atoms with Gasteiger partial charge in [-0.3, -0.25) is 4.40 Å². The number of hydrogen-bond acceptors (Lipinski definition) is 2. The van der Waals surface area contributed by atoms with E-state index < -0.39 is 0 Å². The van der Waals surface area contributed by atoms with Crippen molar-refractivity contribution < 1.29 is 0 Å². The van der Waals surface area contributed by atoms with E-state index in [-0.39, 0.29) is 0 Å². The maximum absolute atomic E-state index is 6.21. The molecule has 4 heteroatoms. The summed E-state index contributed by atoms with van der Waals surface area (Å²) in [6.45, 7) is 2.11. The summed E-state index contributed by atoms with van der Waals surface area (Å²) >= 11 is 6.21. The van der Waals surface area contributed by atoms with Crippen molar-refractivity contribution in [2.24, 2.45) is 0 Å². The molecule has 0 fully saturated rings. The molecule has 0 aliphatic heterocycles. The van der Waals surface area contributed by atoms with Crippen molar-refractivity contribution >= 4 is 39.3 Å². The molecule has 26 heavy (non-hydrogen) atoms. The number of fused-ring (bicyclic) bond motifs is 4. The molecular formula is C22H16ClN3. The average Bonchev–Trinajstić information content (AvgIpc) is 3.00. The maximum atomic E-state index is 6.21. The van der Waals surface area contributed by atoms with Crippen LogP contribution >= 0.6 is 11.6 Å². The van der Waals surface area contributed by atoms with E-state index in [0.717, 1.165) is 34.1 Å². The van der Waals surface area contributed by atoms with Gasteiger partial charge in [0.15, 0.2) is 5.65 Å². The zero-order valence-electron chi connectivity index (χ0n) is 14.3. The molecule has 0 atom stereocenters. The highest BCUT2D eigenvalue weighted by Crippen LogP contribution is 2.29.